The Kier molecular flexibility index (Phi) is 5.78. The van der Waals surface area contributed by atoms with Crippen molar-refractivity contribution in [2.75, 3.05) is 13.2 Å². The number of hydrogen-bond acceptors (Lipinski definition) is 3. The molecule has 0 saturated carbocycles. The van der Waals surface area contributed by atoms with Crippen molar-refractivity contribution in [3.63, 3.8) is 0 Å². The molecule has 3 nitrogen and oxygen atoms in total. The molecule has 0 aromatic heterocycles. The van der Waals surface area contributed by atoms with Gasteiger partial charge in [-0.15, -0.1) is 0 Å². The lowest BCUT2D eigenvalue weighted by Crippen LogP contribution is -2.50. The smallest absolute Gasteiger partial charge is 0.401 e. The highest BCUT2D eigenvalue weighted by atomic mass is 19.4. The predicted molar refractivity (Wildman–Crippen MR) is 73.9 cm³/mol. The van der Waals surface area contributed by atoms with Gasteiger partial charge in [-0.25, -0.2) is 4.79 Å². The maximum atomic E-state index is 12.5. The van der Waals surface area contributed by atoms with Crippen LogP contribution in [-0.2, 0) is 21.5 Å². The number of alkyl halides is 3. The number of esters is 1. The van der Waals surface area contributed by atoms with Gasteiger partial charge in [0.2, 0.25) is 0 Å². The standard InChI is InChI=1S/C15H20F3NO2/c1-4-11-6-8-12(9-7-11)14(3,13(20)21-5-2)19-10-15(16,17)18/h6-9,19H,4-5,10H2,1-3H3. The summed E-state index contributed by atoms with van der Waals surface area (Å²) in [6, 6.07) is 6.89. The number of rotatable bonds is 6. The SMILES string of the molecule is CCOC(=O)C(C)(NCC(F)(F)F)c1ccc(CC)cc1. The summed E-state index contributed by atoms with van der Waals surface area (Å²) in [7, 11) is 0. The van der Waals surface area contributed by atoms with Crippen molar-refractivity contribution in [3.8, 4) is 0 Å². The third-order valence-corrected chi connectivity index (χ3v) is 3.27. The van der Waals surface area contributed by atoms with E-state index in [0.717, 1.165) is 12.0 Å². The summed E-state index contributed by atoms with van der Waals surface area (Å²) in [5, 5.41) is 2.27. The zero-order valence-electron chi connectivity index (χ0n) is 12.4. The first-order valence-electron chi connectivity index (χ1n) is 6.81. The first kappa shape index (κ1) is 17.5. The average Bonchev–Trinajstić information content (AvgIpc) is 2.44. The van der Waals surface area contributed by atoms with Crippen LogP contribution in [0.4, 0.5) is 13.2 Å². The van der Waals surface area contributed by atoms with Gasteiger partial charge in [0.05, 0.1) is 13.2 Å². The van der Waals surface area contributed by atoms with Gasteiger partial charge in [-0.1, -0.05) is 31.2 Å². The highest BCUT2D eigenvalue weighted by Crippen LogP contribution is 2.25. The van der Waals surface area contributed by atoms with E-state index in [1.54, 1.807) is 31.2 Å². The molecule has 1 atom stereocenters. The predicted octanol–water partition coefficient (Wildman–Crippen LogP) is 3.18. The third-order valence-electron chi connectivity index (χ3n) is 3.27. The van der Waals surface area contributed by atoms with E-state index in [0.29, 0.717) is 5.56 Å². The van der Waals surface area contributed by atoms with Gasteiger partial charge in [0.25, 0.3) is 0 Å². The Bertz CT molecular complexity index is 471. The quantitative estimate of drug-likeness (QED) is 0.820. The van der Waals surface area contributed by atoms with Gasteiger partial charge in [-0.05, 0) is 31.4 Å². The van der Waals surface area contributed by atoms with Crippen LogP contribution in [0.15, 0.2) is 24.3 Å². The maximum Gasteiger partial charge on any atom is 0.401 e. The van der Waals surface area contributed by atoms with E-state index in [4.69, 9.17) is 4.74 Å². The van der Waals surface area contributed by atoms with E-state index in [9.17, 15) is 18.0 Å². The monoisotopic (exact) mass is 303 g/mol. The number of carbonyl (C=O) groups is 1. The van der Waals surface area contributed by atoms with Crippen LogP contribution in [0.1, 0.15) is 31.9 Å². The Labute approximate surface area is 122 Å². The van der Waals surface area contributed by atoms with Gasteiger partial charge >= 0.3 is 12.1 Å². The zero-order valence-corrected chi connectivity index (χ0v) is 12.4. The largest absolute Gasteiger partial charge is 0.464 e. The number of aryl methyl sites for hydroxylation is 1. The summed E-state index contributed by atoms with van der Waals surface area (Å²) in [6.45, 7) is 3.83. The lowest BCUT2D eigenvalue weighted by molar-refractivity contribution is -0.155. The molecule has 0 heterocycles. The molecular weight excluding hydrogens is 283 g/mol. The fourth-order valence-electron chi connectivity index (χ4n) is 1.92. The van der Waals surface area contributed by atoms with Gasteiger partial charge in [0.1, 0.15) is 5.54 Å². The van der Waals surface area contributed by atoms with Crippen LogP contribution in [0.2, 0.25) is 0 Å². The number of carbonyl (C=O) groups excluding carboxylic acids is 1. The first-order valence-corrected chi connectivity index (χ1v) is 6.81. The second-order valence-corrected chi connectivity index (χ2v) is 4.86. The summed E-state index contributed by atoms with van der Waals surface area (Å²) >= 11 is 0. The number of hydrogen-bond donors (Lipinski definition) is 1. The molecule has 0 radical (unpaired) electrons. The lowest BCUT2D eigenvalue weighted by Gasteiger charge is -2.29. The molecule has 21 heavy (non-hydrogen) atoms. The Hall–Kier alpha value is -1.56. The minimum Gasteiger partial charge on any atom is -0.464 e. The van der Waals surface area contributed by atoms with Crippen LogP contribution in [0.25, 0.3) is 0 Å². The van der Waals surface area contributed by atoms with Crippen molar-refractivity contribution in [1.82, 2.24) is 5.32 Å². The molecule has 0 aliphatic rings. The van der Waals surface area contributed by atoms with Gasteiger partial charge in [-0.3, -0.25) is 5.32 Å². The molecule has 1 N–H and O–H groups in total. The van der Waals surface area contributed by atoms with Crippen LogP contribution in [0.3, 0.4) is 0 Å². The molecule has 0 aliphatic carbocycles. The van der Waals surface area contributed by atoms with Crippen molar-refractivity contribution in [2.24, 2.45) is 0 Å². The van der Waals surface area contributed by atoms with Crippen LogP contribution < -0.4 is 5.32 Å². The number of benzene rings is 1. The summed E-state index contributed by atoms with van der Waals surface area (Å²) in [5.41, 5.74) is -0.0409. The second-order valence-electron chi connectivity index (χ2n) is 4.86. The van der Waals surface area contributed by atoms with E-state index in [1.807, 2.05) is 6.92 Å². The van der Waals surface area contributed by atoms with Crippen molar-refractivity contribution in [2.45, 2.75) is 38.9 Å². The van der Waals surface area contributed by atoms with Crippen LogP contribution in [-0.4, -0.2) is 25.3 Å². The molecule has 1 unspecified atom stereocenters. The molecule has 1 rings (SSSR count). The van der Waals surface area contributed by atoms with Gasteiger partial charge in [-0.2, -0.15) is 13.2 Å². The molecule has 0 saturated heterocycles. The van der Waals surface area contributed by atoms with Crippen LogP contribution >= 0.6 is 0 Å². The Balaban J connectivity index is 3.07. The average molecular weight is 303 g/mol. The highest BCUT2D eigenvalue weighted by Gasteiger charge is 2.40. The van der Waals surface area contributed by atoms with E-state index in [2.05, 4.69) is 5.32 Å². The van der Waals surface area contributed by atoms with Crippen molar-refractivity contribution >= 4 is 5.97 Å². The Morgan fingerprint density at radius 2 is 1.76 bits per heavy atom. The molecular formula is C15H20F3NO2. The Morgan fingerprint density at radius 1 is 1.19 bits per heavy atom. The highest BCUT2D eigenvalue weighted by molar-refractivity contribution is 5.82. The molecule has 0 fully saturated rings. The van der Waals surface area contributed by atoms with Crippen LogP contribution in [0.5, 0.6) is 0 Å². The van der Waals surface area contributed by atoms with Crippen LogP contribution in [0, 0.1) is 0 Å². The van der Waals surface area contributed by atoms with Crippen molar-refractivity contribution in [3.05, 3.63) is 35.4 Å². The van der Waals surface area contributed by atoms with E-state index < -0.39 is 24.2 Å². The summed E-state index contributed by atoms with van der Waals surface area (Å²) in [4.78, 5) is 12.1. The normalized spacial score (nSPS) is 14.6. The molecule has 118 valence electrons. The van der Waals surface area contributed by atoms with Gasteiger partial charge < -0.3 is 4.74 Å². The minimum absolute atomic E-state index is 0.106. The van der Waals surface area contributed by atoms with E-state index in [-0.39, 0.29) is 6.61 Å². The van der Waals surface area contributed by atoms with E-state index >= 15 is 0 Å². The second kappa shape index (κ2) is 6.93. The summed E-state index contributed by atoms with van der Waals surface area (Å²) < 4.78 is 42.3. The maximum absolute atomic E-state index is 12.5. The number of nitrogens with one attached hydrogen (secondary N) is 1. The Morgan fingerprint density at radius 3 is 2.19 bits per heavy atom. The molecule has 1 aromatic rings. The fraction of sp³-hybridized carbons (Fsp3) is 0.533. The number of halogens is 3. The zero-order chi connectivity index (χ0) is 16.1. The van der Waals surface area contributed by atoms with Gasteiger partial charge in [0, 0.05) is 0 Å². The molecule has 1 aromatic carbocycles. The van der Waals surface area contributed by atoms with Crippen molar-refractivity contribution in [1.29, 1.82) is 0 Å². The fourth-order valence-corrected chi connectivity index (χ4v) is 1.92. The van der Waals surface area contributed by atoms with Gasteiger partial charge in [0.15, 0.2) is 0 Å². The number of ether oxygens (including phenoxy) is 1. The topological polar surface area (TPSA) is 38.3 Å². The first-order chi connectivity index (χ1) is 9.73. The minimum atomic E-state index is -4.41. The van der Waals surface area contributed by atoms with E-state index in [1.165, 1.54) is 6.92 Å². The molecule has 6 heteroatoms. The summed E-state index contributed by atoms with van der Waals surface area (Å²) in [5.74, 6) is -0.724. The van der Waals surface area contributed by atoms with Crippen molar-refractivity contribution < 1.29 is 22.7 Å². The molecule has 0 bridgehead atoms. The molecule has 0 amide bonds. The molecule has 0 aliphatic heterocycles. The third kappa shape index (κ3) is 4.74. The molecule has 0 spiro atoms. The summed E-state index contributed by atoms with van der Waals surface area (Å²) in [6.07, 6.45) is -3.59. The lowest BCUT2D eigenvalue weighted by atomic mass is 9.91.